The molecule has 0 atom stereocenters. The standard InChI is InChI=1S/C25H29N3O2S/c1-6-19-9-7-8-10-21(19)26-22(29)14-28(5)24(30)15-31-23-13-17(3)20-12-16(2)11-18(4)25(20)27-23/h7-13H,6,14-15H2,1-5H3,(H,26,29). The lowest BCUT2D eigenvalue weighted by Gasteiger charge is -2.17. The Kier molecular flexibility index (Phi) is 7.33. The van der Waals surface area contributed by atoms with E-state index in [4.69, 9.17) is 4.98 Å². The summed E-state index contributed by atoms with van der Waals surface area (Å²) >= 11 is 1.40. The third kappa shape index (κ3) is 5.64. The maximum atomic E-state index is 12.6. The number of para-hydroxylation sites is 1. The highest BCUT2D eigenvalue weighted by Gasteiger charge is 2.15. The minimum absolute atomic E-state index is 0.0139. The van der Waals surface area contributed by atoms with E-state index in [1.807, 2.05) is 37.3 Å². The quantitative estimate of drug-likeness (QED) is 0.536. The molecule has 0 saturated carbocycles. The number of thioether (sulfide) groups is 1. The molecule has 31 heavy (non-hydrogen) atoms. The van der Waals surface area contributed by atoms with Gasteiger partial charge in [-0.25, -0.2) is 4.98 Å². The smallest absolute Gasteiger partial charge is 0.243 e. The number of carbonyl (C=O) groups is 2. The number of hydrogen-bond donors (Lipinski definition) is 1. The molecule has 5 nitrogen and oxygen atoms in total. The van der Waals surface area contributed by atoms with Gasteiger partial charge in [0, 0.05) is 18.1 Å². The van der Waals surface area contributed by atoms with Crippen LogP contribution < -0.4 is 5.32 Å². The Labute approximate surface area is 188 Å². The molecule has 0 aliphatic heterocycles. The molecular formula is C25H29N3O2S. The number of amides is 2. The fraction of sp³-hybridized carbons (Fsp3) is 0.320. The maximum Gasteiger partial charge on any atom is 0.243 e. The van der Waals surface area contributed by atoms with Gasteiger partial charge in [-0.1, -0.05) is 48.5 Å². The van der Waals surface area contributed by atoms with Crippen LogP contribution in [0.3, 0.4) is 0 Å². The average molecular weight is 436 g/mol. The van der Waals surface area contributed by atoms with Gasteiger partial charge in [-0.15, -0.1) is 0 Å². The van der Waals surface area contributed by atoms with Gasteiger partial charge in [0.15, 0.2) is 0 Å². The van der Waals surface area contributed by atoms with Gasteiger partial charge in [-0.2, -0.15) is 0 Å². The van der Waals surface area contributed by atoms with Crippen molar-refractivity contribution in [3.05, 3.63) is 64.7 Å². The van der Waals surface area contributed by atoms with Crippen LogP contribution in [-0.2, 0) is 16.0 Å². The summed E-state index contributed by atoms with van der Waals surface area (Å²) in [4.78, 5) is 31.2. The van der Waals surface area contributed by atoms with Crippen LogP contribution in [0.2, 0.25) is 0 Å². The number of anilines is 1. The monoisotopic (exact) mass is 435 g/mol. The molecule has 3 aromatic rings. The highest BCUT2D eigenvalue weighted by atomic mass is 32.2. The molecule has 2 amide bonds. The second kappa shape index (κ2) is 9.96. The summed E-state index contributed by atoms with van der Waals surface area (Å²) in [6.07, 6.45) is 0.832. The predicted octanol–water partition coefficient (Wildman–Crippen LogP) is 4.91. The number of aromatic nitrogens is 1. The number of benzene rings is 2. The number of nitrogens with zero attached hydrogens (tertiary/aromatic N) is 2. The summed E-state index contributed by atoms with van der Waals surface area (Å²) in [6.45, 7) is 8.27. The van der Waals surface area contributed by atoms with Crippen molar-refractivity contribution in [1.29, 1.82) is 0 Å². The number of pyridine rings is 1. The van der Waals surface area contributed by atoms with E-state index < -0.39 is 0 Å². The van der Waals surface area contributed by atoms with Crippen molar-refractivity contribution < 1.29 is 9.59 Å². The van der Waals surface area contributed by atoms with Crippen LogP contribution in [-0.4, -0.2) is 41.0 Å². The summed E-state index contributed by atoms with van der Waals surface area (Å²) in [7, 11) is 1.65. The first-order valence-corrected chi connectivity index (χ1v) is 11.4. The molecule has 0 saturated heterocycles. The first-order valence-electron chi connectivity index (χ1n) is 10.4. The van der Waals surface area contributed by atoms with Crippen molar-refractivity contribution in [1.82, 2.24) is 9.88 Å². The highest BCUT2D eigenvalue weighted by Crippen LogP contribution is 2.27. The molecule has 0 unspecified atom stereocenters. The van der Waals surface area contributed by atoms with Crippen LogP contribution in [0.15, 0.2) is 47.5 Å². The lowest BCUT2D eigenvalue weighted by atomic mass is 10.0. The van der Waals surface area contributed by atoms with Crippen LogP contribution in [0, 0.1) is 20.8 Å². The summed E-state index contributed by atoms with van der Waals surface area (Å²) < 4.78 is 0. The minimum atomic E-state index is -0.201. The van der Waals surface area contributed by atoms with Gasteiger partial charge in [0.25, 0.3) is 0 Å². The molecule has 1 N–H and O–H groups in total. The van der Waals surface area contributed by atoms with E-state index in [2.05, 4.69) is 38.2 Å². The number of likely N-dealkylation sites (N-methyl/N-ethyl adjacent to an activating group) is 1. The summed E-state index contributed by atoms with van der Waals surface area (Å²) in [5.74, 6) is -0.0745. The molecule has 3 rings (SSSR count). The SMILES string of the molecule is CCc1ccccc1NC(=O)CN(C)C(=O)CSc1cc(C)c2cc(C)cc(C)c2n1. The van der Waals surface area contributed by atoms with Crippen molar-refractivity contribution in [3.8, 4) is 0 Å². The minimum Gasteiger partial charge on any atom is -0.336 e. The van der Waals surface area contributed by atoms with E-state index >= 15 is 0 Å². The topological polar surface area (TPSA) is 62.3 Å². The van der Waals surface area contributed by atoms with Gasteiger partial charge < -0.3 is 10.2 Å². The largest absolute Gasteiger partial charge is 0.336 e. The van der Waals surface area contributed by atoms with E-state index in [0.717, 1.165) is 44.7 Å². The van der Waals surface area contributed by atoms with Crippen molar-refractivity contribution in [2.24, 2.45) is 0 Å². The second-order valence-corrected chi connectivity index (χ2v) is 8.85. The Morgan fingerprint density at radius 1 is 1.06 bits per heavy atom. The molecule has 6 heteroatoms. The van der Waals surface area contributed by atoms with Crippen LogP contribution in [0.4, 0.5) is 5.69 Å². The van der Waals surface area contributed by atoms with E-state index in [1.165, 1.54) is 22.2 Å². The van der Waals surface area contributed by atoms with E-state index in [9.17, 15) is 9.59 Å². The molecule has 0 aliphatic rings. The lowest BCUT2D eigenvalue weighted by molar-refractivity contribution is -0.131. The van der Waals surface area contributed by atoms with Gasteiger partial charge in [0.2, 0.25) is 11.8 Å². The number of aryl methyl sites for hydroxylation is 4. The fourth-order valence-corrected chi connectivity index (χ4v) is 4.49. The number of nitrogens with one attached hydrogen (secondary N) is 1. The second-order valence-electron chi connectivity index (χ2n) is 7.85. The zero-order valence-electron chi connectivity index (χ0n) is 18.8. The molecule has 0 bridgehead atoms. The number of hydrogen-bond acceptors (Lipinski definition) is 4. The van der Waals surface area contributed by atoms with Gasteiger partial charge in [0.1, 0.15) is 0 Å². The normalized spacial score (nSPS) is 10.9. The first-order chi connectivity index (χ1) is 14.8. The molecule has 2 aromatic carbocycles. The summed E-state index contributed by atoms with van der Waals surface area (Å²) in [5, 5.41) is 4.87. The fourth-order valence-electron chi connectivity index (χ4n) is 3.58. The predicted molar refractivity (Wildman–Crippen MR) is 129 cm³/mol. The van der Waals surface area contributed by atoms with E-state index in [-0.39, 0.29) is 24.1 Å². The van der Waals surface area contributed by atoms with Gasteiger partial charge in [-0.3, -0.25) is 9.59 Å². The molecule has 0 spiro atoms. The zero-order chi connectivity index (χ0) is 22.5. The van der Waals surface area contributed by atoms with Gasteiger partial charge in [0.05, 0.1) is 22.8 Å². The van der Waals surface area contributed by atoms with Crippen LogP contribution in [0.1, 0.15) is 29.2 Å². The van der Waals surface area contributed by atoms with E-state index in [1.54, 1.807) is 7.05 Å². The Hall–Kier alpha value is -2.86. The van der Waals surface area contributed by atoms with Crippen molar-refractivity contribution >= 4 is 40.2 Å². The number of fused-ring (bicyclic) bond motifs is 1. The molecule has 1 aromatic heterocycles. The molecule has 0 radical (unpaired) electrons. The van der Waals surface area contributed by atoms with Crippen LogP contribution in [0.25, 0.3) is 10.9 Å². The number of rotatable bonds is 7. The molecule has 0 aliphatic carbocycles. The van der Waals surface area contributed by atoms with Gasteiger partial charge in [-0.05, 0) is 62.1 Å². The third-order valence-electron chi connectivity index (χ3n) is 5.25. The Morgan fingerprint density at radius 2 is 1.81 bits per heavy atom. The Balaban J connectivity index is 1.60. The lowest BCUT2D eigenvalue weighted by Crippen LogP contribution is -2.36. The Morgan fingerprint density at radius 3 is 2.55 bits per heavy atom. The Bertz CT molecular complexity index is 1130. The maximum absolute atomic E-state index is 12.6. The van der Waals surface area contributed by atoms with Crippen LogP contribution >= 0.6 is 11.8 Å². The molecular weight excluding hydrogens is 406 g/mol. The zero-order valence-corrected chi connectivity index (χ0v) is 19.6. The number of carbonyl (C=O) groups excluding carboxylic acids is 2. The summed E-state index contributed by atoms with van der Waals surface area (Å²) in [5.41, 5.74) is 6.34. The molecule has 1 heterocycles. The van der Waals surface area contributed by atoms with Crippen molar-refractivity contribution in [2.45, 2.75) is 39.1 Å². The van der Waals surface area contributed by atoms with Crippen molar-refractivity contribution in [3.63, 3.8) is 0 Å². The van der Waals surface area contributed by atoms with Crippen LogP contribution in [0.5, 0.6) is 0 Å². The van der Waals surface area contributed by atoms with Crippen molar-refractivity contribution in [2.75, 3.05) is 24.7 Å². The first kappa shape index (κ1) is 22.8. The molecule has 162 valence electrons. The third-order valence-corrected chi connectivity index (χ3v) is 6.15. The van der Waals surface area contributed by atoms with Gasteiger partial charge >= 0.3 is 0 Å². The molecule has 0 fully saturated rings. The highest BCUT2D eigenvalue weighted by molar-refractivity contribution is 7.99. The summed E-state index contributed by atoms with van der Waals surface area (Å²) in [6, 6.07) is 14.0. The average Bonchev–Trinajstić information content (AvgIpc) is 2.73. The van der Waals surface area contributed by atoms with E-state index in [0.29, 0.717) is 0 Å².